The number of hydrogen-bond acceptors (Lipinski definition) is 3. The first kappa shape index (κ1) is 20.9. The fourth-order valence-corrected chi connectivity index (χ4v) is 6.64. The van der Waals surface area contributed by atoms with Gasteiger partial charge in [-0.1, -0.05) is 40.7 Å². The molecule has 0 saturated heterocycles. The highest BCUT2D eigenvalue weighted by molar-refractivity contribution is 5.85. The van der Waals surface area contributed by atoms with Crippen LogP contribution in [0.15, 0.2) is 17.1 Å². The van der Waals surface area contributed by atoms with E-state index in [2.05, 4.69) is 51.7 Å². The zero-order valence-corrected chi connectivity index (χ0v) is 18.9. The largest absolute Gasteiger partial charge is 0.507 e. The van der Waals surface area contributed by atoms with Gasteiger partial charge in [0.15, 0.2) is 0 Å². The molecule has 4 aliphatic rings. The second-order valence-electron chi connectivity index (χ2n) is 11.7. The highest BCUT2D eigenvalue weighted by Crippen LogP contribution is 2.62. The molecule has 4 fully saturated rings. The van der Waals surface area contributed by atoms with E-state index >= 15 is 0 Å². The van der Waals surface area contributed by atoms with Crippen molar-refractivity contribution in [1.29, 1.82) is 0 Å². The molecular weight excluding hydrogens is 358 g/mol. The van der Waals surface area contributed by atoms with Crippen molar-refractivity contribution in [3.63, 3.8) is 0 Å². The van der Waals surface area contributed by atoms with E-state index in [4.69, 9.17) is 0 Å². The van der Waals surface area contributed by atoms with Crippen molar-refractivity contribution in [2.75, 3.05) is 6.61 Å². The molecule has 1 atom stereocenters. The van der Waals surface area contributed by atoms with Crippen molar-refractivity contribution in [3.05, 3.63) is 28.8 Å². The predicted molar refractivity (Wildman–Crippen MR) is 120 cm³/mol. The Morgan fingerprint density at radius 3 is 2.07 bits per heavy atom. The zero-order chi connectivity index (χ0) is 21.0. The van der Waals surface area contributed by atoms with E-state index in [-0.39, 0.29) is 29.4 Å². The van der Waals surface area contributed by atoms with Gasteiger partial charge < -0.3 is 10.2 Å². The quantitative estimate of drug-likeness (QED) is 0.636. The molecule has 4 saturated carbocycles. The van der Waals surface area contributed by atoms with Crippen molar-refractivity contribution in [1.82, 2.24) is 0 Å². The van der Waals surface area contributed by atoms with Gasteiger partial charge in [-0.2, -0.15) is 0 Å². The molecular formula is C26H39NO2. The molecule has 29 heavy (non-hydrogen) atoms. The molecule has 0 unspecified atom stereocenters. The molecule has 3 heteroatoms. The van der Waals surface area contributed by atoms with Crippen molar-refractivity contribution in [2.45, 2.75) is 90.0 Å². The minimum atomic E-state index is -0.129. The molecule has 0 amide bonds. The maximum Gasteiger partial charge on any atom is 0.128 e. The maximum atomic E-state index is 11.4. The summed E-state index contributed by atoms with van der Waals surface area (Å²) in [6, 6.07) is 4.29. The molecule has 4 aliphatic carbocycles. The average molecular weight is 398 g/mol. The summed E-state index contributed by atoms with van der Waals surface area (Å²) in [6.07, 6.45) is 9.74. The van der Waals surface area contributed by atoms with E-state index in [9.17, 15) is 10.2 Å². The molecule has 5 rings (SSSR count). The molecule has 4 bridgehead atoms. The number of aliphatic hydroxyl groups excluding tert-OH is 1. The second kappa shape index (κ2) is 7.41. The fraction of sp³-hybridized carbons (Fsp3) is 0.731. The molecule has 0 aromatic heterocycles. The van der Waals surface area contributed by atoms with Crippen molar-refractivity contribution in [3.8, 4) is 5.75 Å². The highest BCUT2D eigenvalue weighted by Gasteiger charge is 2.52. The first-order valence-corrected chi connectivity index (χ1v) is 11.6. The summed E-state index contributed by atoms with van der Waals surface area (Å²) in [5.74, 6) is 3.23. The summed E-state index contributed by atoms with van der Waals surface area (Å²) < 4.78 is 0. The Bertz CT molecular complexity index is 751. The number of aromatic hydroxyl groups is 1. The Hall–Kier alpha value is -1.35. The van der Waals surface area contributed by atoms with Crippen LogP contribution in [0.4, 0.5) is 0 Å². The Morgan fingerprint density at radius 1 is 1.07 bits per heavy atom. The van der Waals surface area contributed by atoms with Crippen molar-refractivity contribution < 1.29 is 10.2 Å². The van der Waals surface area contributed by atoms with Gasteiger partial charge in [-0.3, -0.25) is 4.99 Å². The summed E-state index contributed by atoms with van der Waals surface area (Å²) in [7, 11) is 0. The van der Waals surface area contributed by atoms with Crippen LogP contribution in [0.25, 0.3) is 0 Å². The van der Waals surface area contributed by atoms with Crippen LogP contribution < -0.4 is 0 Å². The van der Waals surface area contributed by atoms with Crippen LogP contribution in [0.1, 0.15) is 89.8 Å². The first-order chi connectivity index (χ1) is 13.6. The van der Waals surface area contributed by atoms with Gasteiger partial charge in [0.25, 0.3) is 0 Å². The monoisotopic (exact) mass is 397 g/mol. The number of phenols is 1. The van der Waals surface area contributed by atoms with Gasteiger partial charge >= 0.3 is 0 Å². The van der Waals surface area contributed by atoms with Crippen LogP contribution in [-0.4, -0.2) is 29.1 Å². The van der Waals surface area contributed by atoms with Gasteiger partial charge in [-0.15, -0.1) is 0 Å². The van der Waals surface area contributed by atoms with E-state index in [1.165, 1.54) is 49.7 Å². The maximum absolute atomic E-state index is 11.4. The van der Waals surface area contributed by atoms with E-state index < -0.39 is 0 Å². The second-order valence-corrected chi connectivity index (χ2v) is 11.7. The third kappa shape index (κ3) is 3.87. The first-order valence-electron chi connectivity index (χ1n) is 11.6. The summed E-state index contributed by atoms with van der Waals surface area (Å²) in [5, 5.41) is 21.1. The van der Waals surface area contributed by atoms with Gasteiger partial charge in [-0.25, -0.2) is 0 Å². The number of hydrogen-bond donors (Lipinski definition) is 2. The Morgan fingerprint density at radius 2 is 1.62 bits per heavy atom. The van der Waals surface area contributed by atoms with Gasteiger partial charge in [0, 0.05) is 17.3 Å². The number of benzene rings is 1. The van der Waals surface area contributed by atoms with Gasteiger partial charge in [0.2, 0.25) is 0 Å². The number of phenolic OH excluding ortho intramolecular Hbond substituents is 1. The van der Waals surface area contributed by atoms with Crippen LogP contribution in [0.3, 0.4) is 0 Å². The standard InChI is InChI=1S/C26H39NO2/c1-16(2)23(15-28)27-14-20-9-21(25(3,4)5)10-22(24(20)29)26-11-17-6-18(12-26)8-19(7-17)13-26/h9-10,14,16-19,23,28-29H,6-8,11-13,15H2,1-5H3/t17?,18?,19?,23-,26?/m1/s1. The fourth-order valence-electron chi connectivity index (χ4n) is 6.64. The molecule has 0 radical (unpaired) electrons. The molecule has 160 valence electrons. The SMILES string of the molecule is CC(C)[C@@H](CO)N=Cc1cc(C(C)(C)C)cc(C23CC4CC(CC(C4)C2)C3)c1O. The molecule has 0 heterocycles. The van der Waals surface area contributed by atoms with Crippen molar-refractivity contribution in [2.24, 2.45) is 28.7 Å². The lowest BCUT2D eigenvalue weighted by atomic mass is 9.47. The van der Waals surface area contributed by atoms with Gasteiger partial charge in [0.05, 0.1) is 12.6 Å². The van der Waals surface area contributed by atoms with Crippen LogP contribution >= 0.6 is 0 Å². The number of rotatable bonds is 5. The van der Waals surface area contributed by atoms with Crippen molar-refractivity contribution >= 4 is 6.21 Å². The lowest BCUT2D eigenvalue weighted by Crippen LogP contribution is -2.48. The molecule has 0 spiro atoms. The third-order valence-corrected chi connectivity index (χ3v) is 7.98. The smallest absolute Gasteiger partial charge is 0.128 e. The number of nitrogens with zero attached hydrogens (tertiary/aromatic N) is 1. The predicted octanol–water partition coefficient (Wildman–Crippen LogP) is 5.59. The van der Waals surface area contributed by atoms with Gasteiger partial charge in [0.1, 0.15) is 5.75 Å². The minimum Gasteiger partial charge on any atom is -0.507 e. The highest BCUT2D eigenvalue weighted by atomic mass is 16.3. The lowest BCUT2D eigenvalue weighted by molar-refractivity contribution is -0.00619. The summed E-state index contributed by atoms with van der Waals surface area (Å²) in [5.41, 5.74) is 3.43. The summed E-state index contributed by atoms with van der Waals surface area (Å²) in [4.78, 5) is 4.65. The zero-order valence-electron chi connectivity index (χ0n) is 18.9. The summed E-state index contributed by atoms with van der Waals surface area (Å²) in [6.45, 7) is 10.9. The molecule has 3 nitrogen and oxygen atoms in total. The van der Waals surface area contributed by atoms with E-state index in [1.54, 1.807) is 0 Å². The minimum absolute atomic E-state index is 0.0156. The van der Waals surface area contributed by atoms with Crippen LogP contribution in [-0.2, 0) is 10.8 Å². The third-order valence-electron chi connectivity index (χ3n) is 7.98. The Balaban J connectivity index is 1.79. The number of aliphatic hydroxyl groups is 1. The molecule has 1 aromatic carbocycles. The van der Waals surface area contributed by atoms with E-state index in [0.29, 0.717) is 5.75 Å². The molecule has 0 aliphatic heterocycles. The Kier molecular flexibility index (Phi) is 5.34. The van der Waals surface area contributed by atoms with Crippen LogP contribution in [0.5, 0.6) is 5.75 Å². The lowest BCUT2D eigenvalue weighted by Gasteiger charge is -2.57. The summed E-state index contributed by atoms with van der Waals surface area (Å²) >= 11 is 0. The van der Waals surface area contributed by atoms with Gasteiger partial charge in [-0.05, 0) is 84.7 Å². The Labute approximate surface area is 176 Å². The van der Waals surface area contributed by atoms with E-state index in [0.717, 1.165) is 23.3 Å². The van der Waals surface area contributed by atoms with E-state index in [1.807, 2.05) is 6.21 Å². The normalized spacial score (nSPS) is 32.4. The number of aliphatic imine (C=N–C) groups is 1. The average Bonchev–Trinajstić information content (AvgIpc) is 2.60. The molecule has 1 aromatic rings. The topological polar surface area (TPSA) is 52.8 Å². The molecule has 2 N–H and O–H groups in total. The van der Waals surface area contributed by atoms with Crippen LogP contribution in [0, 0.1) is 23.7 Å². The van der Waals surface area contributed by atoms with Crippen LogP contribution in [0.2, 0.25) is 0 Å².